The molecular formula is C29H32N6O2. The maximum atomic E-state index is 13.8. The molecule has 8 nitrogen and oxygen atoms in total. The third-order valence-electron chi connectivity index (χ3n) is 6.57. The van der Waals surface area contributed by atoms with Gasteiger partial charge in [-0.1, -0.05) is 44.2 Å². The molecule has 37 heavy (non-hydrogen) atoms. The first-order valence-corrected chi connectivity index (χ1v) is 12.6. The number of methoxy groups -OCH3 is 1. The third kappa shape index (κ3) is 5.18. The number of aryl methyl sites for hydroxylation is 1. The maximum absolute atomic E-state index is 13.8. The van der Waals surface area contributed by atoms with Gasteiger partial charge in [-0.15, -0.1) is 0 Å². The lowest BCUT2D eigenvalue weighted by Gasteiger charge is -2.35. The molecule has 0 unspecified atom stereocenters. The highest BCUT2D eigenvalue weighted by atomic mass is 16.5. The molecule has 0 saturated carbocycles. The van der Waals surface area contributed by atoms with Crippen molar-refractivity contribution >= 4 is 11.7 Å². The Hall–Kier alpha value is -4.20. The summed E-state index contributed by atoms with van der Waals surface area (Å²) in [6.45, 7) is 8.83. The summed E-state index contributed by atoms with van der Waals surface area (Å²) in [6, 6.07) is 19.5. The average molecular weight is 497 g/mol. The smallest absolute Gasteiger partial charge is 0.257 e. The molecule has 190 valence electrons. The Balaban J connectivity index is 1.41. The molecule has 5 rings (SSSR count). The summed E-state index contributed by atoms with van der Waals surface area (Å²) < 4.78 is 7.20. The van der Waals surface area contributed by atoms with Crippen LogP contribution in [0.3, 0.4) is 0 Å². The molecular weight excluding hydrogens is 464 g/mol. The number of hydrogen-bond acceptors (Lipinski definition) is 6. The molecule has 8 heteroatoms. The van der Waals surface area contributed by atoms with Gasteiger partial charge >= 0.3 is 0 Å². The van der Waals surface area contributed by atoms with Gasteiger partial charge in [0.05, 0.1) is 18.4 Å². The van der Waals surface area contributed by atoms with E-state index >= 15 is 0 Å². The molecule has 0 atom stereocenters. The summed E-state index contributed by atoms with van der Waals surface area (Å²) in [4.78, 5) is 27.3. The van der Waals surface area contributed by atoms with Crippen molar-refractivity contribution in [2.45, 2.75) is 26.7 Å². The number of piperazine rings is 1. The molecule has 1 saturated heterocycles. The number of rotatable bonds is 6. The molecule has 0 spiro atoms. The van der Waals surface area contributed by atoms with Gasteiger partial charge in [0, 0.05) is 55.6 Å². The molecule has 3 heterocycles. The number of amides is 1. The van der Waals surface area contributed by atoms with Crippen LogP contribution in [0.5, 0.6) is 5.75 Å². The monoisotopic (exact) mass is 496 g/mol. The summed E-state index contributed by atoms with van der Waals surface area (Å²) in [5.41, 5.74) is 3.92. The molecule has 1 aliphatic rings. The van der Waals surface area contributed by atoms with Crippen LogP contribution in [-0.4, -0.2) is 63.8 Å². The van der Waals surface area contributed by atoms with Gasteiger partial charge in [-0.05, 0) is 31.2 Å². The van der Waals surface area contributed by atoms with Gasteiger partial charge in [-0.2, -0.15) is 5.10 Å². The Labute approximate surface area is 217 Å². The van der Waals surface area contributed by atoms with Gasteiger partial charge in [0.25, 0.3) is 5.91 Å². The highest BCUT2D eigenvalue weighted by Gasteiger charge is 2.27. The van der Waals surface area contributed by atoms with Crippen LogP contribution in [0.15, 0.2) is 66.9 Å². The van der Waals surface area contributed by atoms with Gasteiger partial charge in [-0.3, -0.25) is 4.79 Å². The van der Waals surface area contributed by atoms with Crippen molar-refractivity contribution in [1.29, 1.82) is 0 Å². The average Bonchev–Trinajstić information content (AvgIpc) is 3.38. The van der Waals surface area contributed by atoms with Gasteiger partial charge < -0.3 is 14.5 Å². The van der Waals surface area contributed by atoms with E-state index in [0.29, 0.717) is 37.4 Å². The molecule has 2 aromatic heterocycles. The fraction of sp³-hybridized carbons (Fsp3) is 0.310. The van der Waals surface area contributed by atoms with Crippen LogP contribution in [0, 0.1) is 6.92 Å². The van der Waals surface area contributed by atoms with E-state index in [-0.39, 0.29) is 11.8 Å². The highest BCUT2D eigenvalue weighted by Crippen LogP contribution is 2.28. The second-order valence-corrected chi connectivity index (χ2v) is 9.56. The Kier molecular flexibility index (Phi) is 6.90. The number of carbonyl (C=O) groups excluding carboxylic acids is 1. The number of anilines is 1. The van der Waals surface area contributed by atoms with Gasteiger partial charge in [0.2, 0.25) is 0 Å². The van der Waals surface area contributed by atoms with Gasteiger partial charge in [0.15, 0.2) is 0 Å². The Bertz CT molecular complexity index is 1390. The fourth-order valence-electron chi connectivity index (χ4n) is 4.53. The Morgan fingerprint density at radius 3 is 2.41 bits per heavy atom. The lowest BCUT2D eigenvalue weighted by atomic mass is 10.1. The zero-order valence-corrected chi connectivity index (χ0v) is 21.8. The lowest BCUT2D eigenvalue weighted by Crippen LogP contribution is -2.49. The predicted molar refractivity (Wildman–Crippen MR) is 145 cm³/mol. The largest absolute Gasteiger partial charge is 0.497 e. The number of hydrogen-bond donors (Lipinski definition) is 0. The molecule has 1 amide bonds. The number of carbonyl (C=O) groups is 1. The lowest BCUT2D eigenvalue weighted by molar-refractivity contribution is 0.0747. The second-order valence-electron chi connectivity index (χ2n) is 9.56. The van der Waals surface area contributed by atoms with Crippen molar-refractivity contribution in [1.82, 2.24) is 24.6 Å². The SMILES string of the molecule is COc1cccc(-c2nn(-c3ccccc3)cc2C(=O)N2CCN(c3cc(C)nc(C(C)C)n3)CC2)c1. The molecule has 1 aliphatic heterocycles. The number of aromatic nitrogens is 4. The number of nitrogens with zero attached hydrogens (tertiary/aromatic N) is 6. The first kappa shape index (κ1) is 24.5. The van der Waals surface area contributed by atoms with Gasteiger partial charge in [-0.25, -0.2) is 14.6 Å². The van der Waals surface area contributed by atoms with Crippen molar-refractivity contribution < 1.29 is 9.53 Å². The normalized spacial score (nSPS) is 13.8. The summed E-state index contributed by atoms with van der Waals surface area (Å²) >= 11 is 0. The van der Waals surface area contributed by atoms with Crippen molar-refractivity contribution in [3.8, 4) is 22.7 Å². The van der Waals surface area contributed by atoms with E-state index in [0.717, 1.165) is 34.3 Å². The Morgan fingerprint density at radius 2 is 1.70 bits per heavy atom. The van der Waals surface area contributed by atoms with E-state index < -0.39 is 0 Å². The topological polar surface area (TPSA) is 76.4 Å². The first-order valence-electron chi connectivity index (χ1n) is 12.6. The van der Waals surface area contributed by atoms with Crippen LogP contribution in [0.4, 0.5) is 5.82 Å². The zero-order chi connectivity index (χ0) is 25.9. The van der Waals surface area contributed by atoms with E-state index in [1.807, 2.05) is 78.7 Å². The summed E-state index contributed by atoms with van der Waals surface area (Å²) in [6.07, 6.45) is 1.83. The first-order chi connectivity index (χ1) is 17.9. The van der Waals surface area contributed by atoms with Crippen LogP contribution < -0.4 is 9.64 Å². The van der Waals surface area contributed by atoms with Crippen molar-refractivity contribution in [2.24, 2.45) is 0 Å². The van der Waals surface area contributed by atoms with Crippen LogP contribution in [0.2, 0.25) is 0 Å². The zero-order valence-electron chi connectivity index (χ0n) is 21.8. The van der Waals surface area contributed by atoms with E-state index in [2.05, 4.69) is 23.7 Å². The van der Waals surface area contributed by atoms with Gasteiger partial charge in [0.1, 0.15) is 23.1 Å². The quantitative estimate of drug-likeness (QED) is 0.384. The van der Waals surface area contributed by atoms with E-state index in [1.165, 1.54) is 0 Å². The molecule has 0 bridgehead atoms. The standard InChI is InChI=1S/C29H32N6O2/c1-20(2)28-30-21(3)17-26(31-28)33-13-15-34(16-14-33)29(36)25-19-35(23-10-6-5-7-11-23)32-27(25)22-9-8-12-24(18-22)37-4/h5-12,17-20H,13-16H2,1-4H3. The van der Waals surface area contributed by atoms with Crippen LogP contribution in [0.25, 0.3) is 16.9 Å². The molecule has 0 aliphatic carbocycles. The minimum atomic E-state index is -0.0265. The summed E-state index contributed by atoms with van der Waals surface area (Å²) in [5, 5.41) is 4.83. The molecule has 0 radical (unpaired) electrons. The van der Waals surface area contributed by atoms with Crippen LogP contribution in [-0.2, 0) is 0 Å². The number of ether oxygens (including phenoxy) is 1. The summed E-state index contributed by atoms with van der Waals surface area (Å²) in [7, 11) is 1.64. The van der Waals surface area contributed by atoms with E-state index in [1.54, 1.807) is 11.8 Å². The number of benzene rings is 2. The summed E-state index contributed by atoms with van der Waals surface area (Å²) in [5.74, 6) is 2.74. The maximum Gasteiger partial charge on any atom is 0.257 e. The van der Waals surface area contributed by atoms with E-state index in [4.69, 9.17) is 14.8 Å². The molecule has 1 fully saturated rings. The van der Waals surface area contributed by atoms with Crippen LogP contribution >= 0.6 is 0 Å². The third-order valence-corrected chi connectivity index (χ3v) is 6.57. The highest BCUT2D eigenvalue weighted by molar-refractivity contribution is 6.00. The predicted octanol–water partition coefficient (Wildman–Crippen LogP) is 4.73. The number of para-hydroxylation sites is 1. The van der Waals surface area contributed by atoms with Crippen LogP contribution in [0.1, 0.15) is 41.6 Å². The second kappa shape index (κ2) is 10.4. The van der Waals surface area contributed by atoms with Crippen molar-refractivity contribution in [3.05, 3.63) is 83.9 Å². The molecule has 2 aromatic carbocycles. The van der Waals surface area contributed by atoms with E-state index in [9.17, 15) is 4.79 Å². The fourth-order valence-corrected chi connectivity index (χ4v) is 4.53. The minimum absolute atomic E-state index is 0.0265. The minimum Gasteiger partial charge on any atom is -0.497 e. The van der Waals surface area contributed by atoms with Crippen molar-refractivity contribution in [3.63, 3.8) is 0 Å². The molecule has 0 N–H and O–H groups in total. The Morgan fingerprint density at radius 1 is 0.946 bits per heavy atom. The molecule has 4 aromatic rings. The van der Waals surface area contributed by atoms with Crippen molar-refractivity contribution in [2.75, 3.05) is 38.2 Å².